The number of unbranched alkanes of at least 4 members (excludes halogenated alkanes) is 14. The summed E-state index contributed by atoms with van der Waals surface area (Å²) >= 11 is 0. The lowest BCUT2D eigenvalue weighted by atomic mass is 10.0. The number of carbonyl (C=O) groups excluding carboxylic acids is 1. The first-order valence-corrected chi connectivity index (χ1v) is 10.5. The second-order valence-electron chi connectivity index (χ2n) is 6.92. The van der Waals surface area contributed by atoms with Gasteiger partial charge in [0, 0.05) is 6.42 Å². The lowest BCUT2D eigenvalue weighted by molar-refractivity contribution is -0.143. The van der Waals surface area contributed by atoms with Gasteiger partial charge in [0.25, 0.3) is 0 Å². The van der Waals surface area contributed by atoms with Crippen LogP contribution in [0.4, 0.5) is 0 Å². The van der Waals surface area contributed by atoms with E-state index in [2.05, 4.69) is 6.92 Å². The molecule has 0 aliphatic heterocycles. The topological polar surface area (TPSA) is 26.3 Å². The van der Waals surface area contributed by atoms with E-state index in [9.17, 15) is 4.79 Å². The number of rotatable bonds is 18. The summed E-state index contributed by atoms with van der Waals surface area (Å²) in [4.78, 5) is 11.2. The van der Waals surface area contributed by atoms with Crippen LogP contribution in [0.3, 0.4) is 0 Å². The van der Waals surface area contributed by atoms with Crippen molar-refractivity contribution < 1.29 is 9.53 Å². The molecule has 23 heavy (non-hydrogen) atoms. The second-order valence-corrected chi connectivity index (χ2v) is 6.92. The minimum absolute atomic E-state index is 0.0298. The first-order chi connectivity index (χ1) is 11.3. The van der Waals surface area contributed by atoms with Crippen molar-refractivity contribution in [3.63, 3.8) is 0 Å². The van der Waals surface area contributed by atoms with Crippen molar-refractivity contribution in [2.24, 2.45) is 0 Å². The molecule has 0 N–H and O–H groups in total. The molecule has 2 nitrogen and oxygen atoms in total. The third-order valence-electron chi connectivity index (χ3n) is 4.47. The van der Waals surface area contributed by atoms with E-state index in [1.807, 2.05) is 6.92 Å². The number of carbonyl (C=O) groups is 1. The molecule has 138 valence electrons. The minimum atomic E-state index is -0.0298. The predicted molar refractivity (Wildman–Crippen MR) is 101 cm³/mol. The highest BCUT2D eigenvalue weighted by atomic mass is 16.5. The van der Waals surface area contributed by atoms with Gasteiger partial charge < -0.3 is 4.74 Å². The average molecular weight is 327 g/mol. The van der Waals surface area contributed by atoms with E-state index < -0.39 is 0 Å². The van der Waals surface area contributed by atoms with Crippen LogP contribution in [0.25, 0.3) is 0 Å². The van der Waals surface area contributed by atoms with Crippen LogP contribution in [0.5, 0.6) is 0 Å². The summed E-state index contributed by atoms with van der Waals surface area (Å²) in [6.45, 7) is 4.91. The van der Waals surface area contributed by atoms with Crippen molar-refractivity contribution in [3.05, 3.63) is 0 Å². The van der Waals surface area contributed by atoms with Crippen molar-refractivity contribution >= 4 is 5.97 Å². The lowest BCUT2D eigenvalue weighted by Crippen LogP contribution is -2.04. The summed E-state index contributed by atoms with van der Waals surface area (Å²) in [5, 5.41) is 0. The summed E-state index contributed by atoms with van der Waals surface area (Å²) in [6.07, 6.45) is 22.0. The van der Waals surface area contributed by atoms with Gasteiger partial charge in [-0.05, 0) is 12.8 Å². The van der Waals surface area contributed by atoms with E-state index in [4.69, 9.17) is 4.74 Å². The number of hydrogen-bond donors (Lipinski definition) is 0. The van der Waals surface area contributed by atoms with Crippen LogP contribution < -0.4 is 0 Å². The summed E-state index contributed by atoms with van der Waals surface area (Å²) in [6, 6.07) is 0. The maximum atomic E-state index is 11.2. The van der Waals surface area contributed by atoms with Gasteiger partial charge in [-0.2, -0.15) is 0 Å². The van der Waals surface area contributed by atoms with Crippen LogP contribution in [0.1, 0.15) is 123 Å². The van der Waals surface area contributed by atoms with Crippen molar-refractivity contribution in [2.75, 3.05) is 6.61 Å². The zero-order valence-electron chi connectivity index (χ0n) is 16.0. The van der Waals surface area contributed by atoms with Gasteiger partial charge in [-0.3, -0.25) is 4.79 Å². The van der Waals surface area contributed by atoms with Gasteiger partial charge in [-0.15, -0.1) is 0 Å². The van der Waals surface area contributed by atoms with Gasteiger partial charge in [0.05, 0.1) is 6.61 Å². The molecule has 0 aromatic rings. The molecule has 0 aliphatic rings. The Bertz CT molecular complexity index is 238. The van der Waals surface area contributed by atoms with Crippen molar-refractivity contribution in [1.82, 2.24) is 0 Å². The average Bonchev–Trinajstić information content (AvgIpc) is 2.54. The second kappa shape index (κ2) is 19.5. The van der Waals surface area contributed by atoms with Gasteiger partial charge in [0.2, 0.25) is 0 Å². The maximum Gasteiger partial charge on any atom is 0.305 e. The van der Waals surface area contributed by atoms with Crippen molar-refractivity contribution in [2.45, 2.75) is 123 Å². The number of ether oxygens (including phenoxy) is 1. The van der Waals surface area contributed by atoms with Gasteiger partial charge in [0.1, 0.15) is 0 Å². The van der Waals surface area contributed by atoms with E-state index in [0.717, 1.165) is 12.8 Å². The van der Waals surface area contributed by atoms with E-state index in [1.54, 1.807) is 0 Å². The molecule has 0 fully saturated rings. The molecule has 0 rings (SSSR count). The maximum absolute atomic E-state index is 11.2. The molecule has 0 aliphatic carbocycles. The van der Waals surface area contributed by atoms with Gasteiger partial charge in [-0.25, -0.2) is 0 Å². The van der Waals surface area contributed by atoms with Crippen LogP contribution in [0.15, 0.2) is 0 Å². The Kier molecular flexibility index (Phi) is 19.1. The van der Waals surface area contributed by atoms with Gasteiger partial charge in [0.15, 0.2) is 0 Å². The van der Waals surface area contributed by atoms with Crippen LogP contribution in [-0.4, -0.2) is 12.6 Å². The molecule has 0 heterocycles. The first-order valence-electron chi connectivity index (χ1n) is 10.5. The van der Waals surface area contributed by atoms with E-state index >= 15 is 0 Å². The lowest BCUT2D eigenvalue weighted by Gasteiger charge is -2.04. The summed E-state index contributed by atoms with van der Waals surface area (Å²) in [5.74, 6) is -0.0298. The third-order valence-corrected chi connectivity index (χ3v) is 4.47. The molecule has 0 unspecified atom stereocenters. The molecule has 0 atom stereocenters. The third kappa shape index (κ3) is 19.4. The van der Waals surface area contributed by atoms with E-state index in [1.165, 1.54) is 89.9 Å². The molecule has 0 spiro atoms. The standard InChI is InChI=1S/C21H42O2/c1-3-5-6-7-8-9-10-11-12-13-14-15-16-17-18-20-23-21(22)19-4-2/h3-20H2,1-2H3. The molecule has 2 heteroatoms. The van der Waals surface area contributed by atoms with Crippen molar-refractivity contribution in [3.8, 4) is 0 Å². The SMILES string of the molecule is CCCCCCCCCCCCCCCCCOC(=O)CCC. The molecular formula is C21H42O2. The van der Waals surface area contributed by atoms with E-state index in [0.29, 0.717) is 13.0 Å². The van der Waals surface area contributed by atoms with Crippen molar-refractivity contribution in [1.29, 1.82) is 0 Å². The minimum Gasteiger partial charge on any atom is -0.466 e. The molecular weight excluding hydrogens is 284 g/mol. The Morgan fingerprint density at radius 2 is 0.957 bits per heavy atom. The fourth-order valence-electron chi connectivity index (χ4n) is 2.94. The molecule has 0 aromatic heterocycles. The Morgan fingerprint density at radius 1 is 0.565 bits per heavy atom. The Labute approximate surface area is 145 Å². The largest absolute Gasteiger partial charge is 0.466 e. The van der Waals surface area contributed by atoms with Crippen LogP contribution >= 0.6 is 0 Å². The summed E-state index contributed by atoms with van der Waals surface area (Å²) in [5.41, 5.74) is 0. The molecule has 0 bridgehead atoms. The first kappa shape index (κ1) is 22.5. The monoisotopic (exact) mass is 326 g/mol. The number of hydrogen-bond acceptors (Lipinski definition) is 2. The number of esters is 1. The Morgan fingerprint density at radius 3 is 1.35 bits per heavy atom. The highest BCUT2D eigenvalue weighted by Gasteiger charge is 1.99. The molecule has 0 amide bonds. The zero-order valence-corrected chi connectivity index (χ0v) is 16.0. The molecule has 0 radical (unpaired) electrons. The molecule has 0 aromatic carbocycles. The highest BCUT2D eigenvalue weighted by molar-refractivity contribution is 5.69. The molecule has 0 saturated carbocycles. The Hall–Kier alpha value is -0.530. The molecule has 0 saturated heterocycles. The fourth-order valence-corrected chi connectivity index (χ4v) is 2.94. The van der Waals surface area contributed by atoms with E-state index in [-0.39, 0.29) is 5.97 Å². The smallest absolute Gasteiger partial charge is 0.305 e. The Balaban J connectivity index is 3.01. The van der Waals surface area contributed by atoms with Gasteiger partial charge >= 0.3 is 5.97 Å². The quantitative estimate of drug-likeness (QED) is 0.196. The van der Waals surface area contributed by atoms with Crippen LogP contribution in [0, 0.1) is 0 Å². The normalized spacial score (nSPS) is 10.9. The predicted octanol–water partition coefficient (Wildman–Crippen LogP) is 7.20. The van der Waals surface area contributed by atoms with Crippen LogP contribution in [-0.2, 0) is 9.53 Å². The van der Waals surface area contributed by atoms with Crippen LogP contribution in [0.2, 0.25) is 0 Å². The fraction of sp³-hybridized carbons (Fsp3) is 0.952. The van der Waals surface area contributed by atoms with Gasteiger partial charge in [-0.1, -0.05) is 104 Å². The summed E-state index contributed by atoms with van der Waals surface area (Å²) < 4.78 is 5.16. The highest BCUT2D eigenvalue weighted by Crippen LogP contribution is 2.13. The summed E-state index contributed by atoms with van der Waals surface area (Å²) in [7, 11) is 0. The zero-order chi connectivity index (χ0) is 17.0.